The van der Waals surface area contributed by atoms with Gasteiger partial charge in [-0.2, -0.15) is 0 Å². The van der Waals surface area contributed by atoms with Gasteiger partial charge in [0.25, 0.3) is 0 Å². The maximum absolute atomic E-state index is 12.0. The van der Waals surface area contributed by atoms with E-state index < -0.39 is 6.67 Å². The van der Waals surface area contributed by atoms with Crippen LogP contribution in [0.5, 0.6) is 0 Å². The standard InChI is InChI=1S/C15H21FN2O2/c16-8-4-9-17-15(19)18-13-7-10-20-14(11-13)12-5-2-1-3-6-12/h1-3,5-6,13-14H,4,7-11H2,(H2,17,18,19). The fourth-order valence-corrected chi connectivity index (χ4v) is 2.33. The number of halogens is 1. The Kier molecular flexibility index (Phi) is 5.80. The molecule has 1 heterocycles. The molecular formula is C15H21FN2O2. The van der Waals surface area contributed by atoms with Gasteiger partial charge in [-0.25, -0.2) is 4.79 Å². The normalized spacial score (nSPS) is 22.2. The maximum atomic E-state index is 12.0. The number of rotatable bonds is 5. The third-order valence-electron chi connectivity index (χ3n) is 3.39. The molecule has 1 aromatic rings. The Hall–Kier alpha value is -1.62. The molecule has 0 radical (unpaired) electrons. The van der Waals surface area contributed by atoms with Gasteiger partial charge in [0, 0.05) is 19.2 Å². The quantitative estimate of drug-likeness (QED) is 0.814. The number of ether oxygens (including phenoxy) is 1. The molecular weight excluding hydrogens is 259 g/mol. The van der Waals surface area contributed by atoms with Gasteiger partial charge in [0.1, 0.15) is 0 Å². The topological polar surface area (TPSA) is 50.4 Å². The average molecular weight is 280 g/mol. The largest absolute Gasteiger partial charge is 0.373 e. The molecule has 4 nitrogen and oxygen atoms in total. The number of carbonyl (C=O) groups is 1. The number of amides is 2. The number of urea groups is 1. The fourth-order valence-electron chi connectivity index (χ4n) is 2.33. The smallest absolute Gasteiger partial charge is 0.315 e. The Labute approximate surface area is 118 Å². The number of nitrogens with one attached hydrogen (secondary N) is 2. The van der Waals surface area contributed by atoms with E-state index in [-0.39, 0.29) is 18.2 Å². The SMILES string of the molecule is O=C(NCCCF)NC1CCOC(c2ccccc2)C1. The van der Waals surface area contributed by atoms with Crippen LogP contribution in [0.1, 0.15) is 30.9 Å². The van der Waals surface area contributed by atoms with Crippen LogP contribution in [0.4, 0.5) is 9.18 Å². The highest BCUT2D eigenvalue weighted by molar-refractivity contribution is 5.74. The molecule has 2 unspecified atom stereocenters. The highest BCUT2D eigenvalue weighted by atomic mass is 19.1. The monoisotopic (exact) mass is 280 g/mol. The summed E-state index contributed by atoms with van der Waals surface area (Å²) in [6, 6.07) is 9.89. The molecule has 0 spiro atoms. The van der Waals surface area contributed by atoms with E-state index in [1.807, 2.05) is 30.3 Å². The van der Waals surface area contributed by atoms with Gasteiger partial charge in [0.2, 0.25) is 0 Å². The molecule has 1 saturated heterocycles. The third kappa shape index (κ3) is 4.49. The lowest BCUT2D eigenvalue weighted by molar-refractivity contribution is 0.00227. The van der Waals surface area contributed by atoms with Crippen molar-refractivity contribution in [3.63, 3.8) is 0 Å². The molecule has 2 rings (SSSR count). The lowest BCUT2D eigenvalue weighted by Gasteiger charge is -2.30. The zero-order valence-corrected chi connectivity index (χ0v) is 11.5. The Bertz CT molecular complexity index is 414. The van der Waals surface area contributed by atoms with Crippen LogP contribution in [0.15, 0.2) is 30.3 Å². The molecule has 2 N–H and O–H groups in total. The van der Waals surface area contributed by atoms with Crippen LogP contribution in [0.25, 0.3) is 0 Å². The first-order valence-electron chi connectivity index (χ1n) is 7.06. The first kappa shape index (κ1) is 14.8. The van der Waals surface area contributed by atoms with Gasteiger partial charge >= 0.3 is 6.03 Å². The molecule has 1 aromatic carbocycles. The van der Waals surface area contributed by atoms with E-state index in [1.165, 1.54) is 0 Å². The average Bonchev–Trinajstić information content (AvgIpc) is 2.49. The van der Waals surface area contributed by atoms with Crippen LogP contribution < -0.4 is 10.6 Å². The number of hydrogen-bond acceptors (Lipinski definition) is 2. The van der Waals surface area contributed by atoms with Crippen molar-refractivity contribution in [3.05, 3.63) is 35.9 Å². The summed E-state index contributed by atoms with van der Waals surface area (Å²) in [5.74, 6) is 0. The summed E-state index contributed by atoms with van der Waals surface area (Å²) in [5.41, 5.74) is 1.14. The predicted molar refractivity (Wildman–Crippen MR) is 75.3 cm³/mol. The number of alkyl halides is 1. The minimum Gasteiger partial charge on any atom is -0.373 e. The van der Waals surface area contributed by atoms with Gasteiger partial charge in [0.05, 0.1) is 12.8 Å². The van der Waals surface area contributed by atoms with Crippen LogP contribution in [0, 0.1) is 0 Å². The zero-order chi connectivity index (χ0) is 14.2. The third-order valence-corrected chi connectivity index (χ3v) is 3.39. The molecule has 110 valence electrons. The highest BCUT2D eigenvalue weighted by Gasteiger charge is 2.24. The molecule has 1 aliphatic heterocycles. The number of hydrogen-bond donors (Lipinski definition) is 2. The summed E-state index contributed by atoms with van der Waals surface area (Å²) in [4.78, 5) is 11.6. The molecule has 1 fully saturated rings. The second-order valence-electron chi connectivity index (χ2n) is 4.93. The van der Waals surface area contributed by atoms with Crippen LogP contribution in [-0.4, -0.2) is 31.9 Å². The summed E-state index contributed by atoms with van der Waals surface area (Å²) >= 11 is 0. The summed E-state index contributed by atoms with van der Waals surface area (Å²) in [5, 5.41) is 5.58. The summed E-state index contributed by atoms with van der Waals surface area (Å²) in [6.07, 6.45) is 1.95. The summed E-state index contributed by atoms with van der Waals surface area (Å²) < 4.78 is 17.7. The Balaban J connectivity index is 1.80. The van der Waals surface area contributed by atoms with Crippen molar-refractivity contribution in [2.75, 3.05) is 19.8 Å². The lowest BCUT2D eigenvalue weighted by atomic mass is 9.97. The molecule has 5 heteroatoms. The van der Waals surface area contributed by atoms with Crippen LogP contribution in [0.3, 0.4) is 0 Å². The van der Waals surface area contributed by atoms with E-state index in [0.717, 1.165) is 18.4 Å². The summed E-state index contributed by atoms with van der Waals surface area (Å²) in [6.45, 7) is 0.594. The van der Waals surface area contributed by atoms with Gasteiger partial charge in [-0.3, -0.25) is 4.39 Å². The van der Waals surface area contributed by atoms with Crippen molar-refractivity contribution < 1.29 is 13.9 Å². The Morgan fingerprint density at radius 1 is 1.35 bits per heavy atom. The van der Waals surface area contributed by atoms with Crippen LogP contribution in [0.2, 0.25) is 0 Å². The maximum Gasteiger partial charge on any atom is 0.315 e. The van der Waals surface area contributed by atoms with Gasteiger partial charge in [-0.15, -0.1) is 0 Å². The molecule has 20 heavy (non-hydrogen) atoms. The van der Waals surface area contributed by atoms with Crippen molar-refractivity contribution in [1.29, 1.82) is 0 Å². The molecule has 0 aliphatic carbocycles. The number of benzene rings is 1. The van der Waals surface area contributed by atoms with Crippen molar-refractivity contribution in [3.8, 4) is 0 Å². The van der Waals surface area contributed by atoms with Gasteiger partial charge in [-0.05, 0) is 24.8 Å². The summed E-state index contributed by atoms with van der Waals surface area (Å²) in [7, 11) is 0. The minimum atomic E-state index is -0.409. The van der Waals surface area contributed by atoms with E-state index in [0.29, 0.717) is 19.6 Å². The molecule has 2 atom stereocenters. The Morgan fingerprint density at radius 3 is 2.90 bits per heavy atom. The van der Waals surface area contributed by atoms with Crippen molar-refractivity contribution in [2.45, 2.75) is 31.4 Å². The van der Waals surface area contributed by atoms with E-state index in [9.17, 15) is 9.18 Å². The van der Waals surface area contributed by atoms with E-state index in [4.69, 9.17) is 4.74 Å². The minimum absolute atomic E-state index is 0.0288. The fraction of sp³-hybridized carbons (Fsp3) is 0.533. The first-order valence-corrected chi connectivity index (χ1v) is 7.06. The van der Waals surface area contributed by atoms with E-state index >= 15 is 0 Å². The van der Waals surface area contributed by atoms with Gasteiger partial charge < -0.3 is 15.4 Å². The van der Waals surface area contributed by atoms with Crippen molar-refractivity contribution in [1.82, 2.24) is 10.6 Å². The van der Waals surface area contributed by atoms with Crippen LogP contribution >= 0.6 is 0 Å². The van der Waals surface area contributed by atoms with E-state index in [1.54, 1.807) is 0 Å². The van der Waals surface area contributed by atoms with Crippen molar-refractivity contribution >= 4 is 6.03 Å². The van der Waals surface area contributed by atoms with Crippen LogP contribution in [-0.2, 0) is 4.74 Å². The molecule has 0 saturated carbocycles. The van der Waals surface area contributed by atoms with Gasteiger partial charge in [0.15, 0.2) is 0 Å². The molecule has 1 aliphatic rings. The van der Waals surface area contributed by atoms with Crippen molar-refractivity contribution in [2.24, 2.45) is 0 Å². The Morgan fingerprint density at radius 2 is 2.15 bits per heavy atom. The number of carbonyl (C=O) groups excluding carboxylic acids is 1. The lowest BCUT2D eigenvalue weighted by Crippen LogP contribution is -2.45. The highest BCUT2D eigenvalue weighted by Crippen LogP contribution is 2.27. The van der Waals surface area contributed by atoms with Gasteiger partial charge in [-0.1, -0.05) is 30.3 Å². The predicted octanol–water partition coefficient (Wildman–Crippen LogP) is 2.57. The second-order valence-corrected chi connectivity index (χ2v) is 4.93. The first-order chi connectivity index (χ1) is 9.79. The second kappa shape index (κ2) is 7.85. The van der Waals surface area contributed by atoms with E-state index in [2.05, 4.69) is 10.6 Å². The molecule has 0 aromatic heterocycles. The molecule has 0 bridgehead atoms. The molecule has 2 amide bonds. The zero-order valence-electron chi connectivity index (χ0n) is 11.5.